The molecule has 1 unspecified atom stereocenters. The average molecular weight is 294 g/mol. The highest BCUT2D eigenvalue weighted by Crippen LogP contribution is 2.28. The third kappa shape index (κ3) is 4.28. The molecule has 0 fully saturated rings. The topological polar surface area (TPSA) is 27.7 Å². The fourth-order valence-corrected chi connectivity index (χ4v) is 4.58. The third-order valence-electron chi connectivity index (χ3n) is 3.17. The molecule has 0 heterocycles. The lowest BCUT2D eigenvalue weighted by molar-refractivity contribution is 0.0388. The van der Waals surface area contributed by atoms with Gasteiger partial charge in [0.1, 0.15) is 0 Å². The minimum Gasteiger partial charge on any atom is -0.374 e. The molecule has 0 aromatic heterocycles. The first-order valence-corrected chi connectivity index (χ1v) is 9.22. The van der Waals surface area contributed by atoms with E-state index in [2.05, 4.69) is 19.6 Å². The molecule has 3 nitrogen and oxygen atoms in total. The van der Waals surface area contributed by atoms with E-state index < -0.39 is 8.80 Å². The van der Waals surface area contributed by atoms with Crippen molar-refractivity contribution in [2.24, 2.45) is 0 Å². The van der Waals surface area contributed by atoms with Crippen molar-refractivity contribution in [3.63, 3.8) is 0 Å². The zero-order valence-corrected chi connectivity index (χ0v) is 14.0. The SMILES string of the molecule is C=Cc1ccccc1C(C)O[Si](CC)(OCC)OCC. The van der Waals surface area contributed by atoms with Crippen LogP contribution in [0.3, 0.4) is 0 Å². The Morgan fingerprint density at radius 2 is 1.75 bits per heavy atom. The van der Waals surface area contributed by atoms with Crippen LogP contribution in [-0.2, 0) is 13.3 Å². The second-order valence-corrected chi connectivity index (χ2v) is 7.38. The molecule has 0 saturated heterocycles. The zero-order valence-electron chi connectivity index (χ0n) is 13.0. The van der Waals surface area contributed by atoms with Crippen molar-refractivity contribution in [3.05, 3.63) is 42.0 Å². The quantitative estimate of drug-likeness (QED) is 0.630. The van der Waals surface area contributed by atoms with Gasteiger partial charge < -0.3 is 13.3 Å². The van der Waals surface area contributed by atoms with Gasteiger partial charge in [0.05, 0.1) is 6.10 Å². The van der Waals surface area contributed by atoms with E-state index in [0.717, 1.165) is 17.2 Å². The summed E-state index contributed by atoms with van der Waals surface area (Å²) in [6, 6.07) is 8.89. The monoisotopic (exact) mass is 294 g/mol. The van der Waals surface area contributed by atoms with Crippen molar-refractivity contribution in [3.8, 4) is 0 Å². The average Bonchev–Trinajstić information content (AvgIpc) is 2.47. The Kier molecular flexibility index (Phi) is 7.16. The Labute approximate surface area is 123 Å². The van der Waals surface area contributed by atoms with Crippen molar-refractivity contribution in [2.75, 3.05) is 13.2 Å². The molecule has 0 aliphatic rings. The Balaban J connectivity index is 2.94. The molecule has 0 radical (unpaired) electrons. The van der Waals surface area contributed by atoms with Crippen molar-refractivity contribution < 1.29 is 13.3 Å². The Hall–Kier alpha value is -0.943. The summed E-state index contributed by atoms with van der Waals surface area (Å²) in [4.78, 5) is 0. The minimum absolute atomic E-state index is 0.0751. The second-order valence-electron chi connectivity index (χ2n) is 4.50. The lowest BCUT2D eigenvalue weighted by atomic mass is 10.0. The molecule has 0 aliphatic carbocycles. The predicted octanol–water partition coefficient (Wildman–Crippen LogP) is 4.44. The van der Waals surface area contributed by atoms with Crippen LogP contribution in [0.1, 0.15) is 44.9 Å². The Bertz CT molecular complexity index is 414. The van der Waals surface area contributed by atoms with Crippen molar-refractivity contribution in [1.82, 2.24) is 0 Å². The summed E-state index contributed by atoms with van der Waals surface area (Å²) >= 11 is 0. The molecule has 0 saturated carbocycles. The predicted molar refractivity (Wildman–Crippen MR) is 85.5 cm³/mol. The molecule has 1 rings (SSSR count). The molecular weight excluding hydrogens is 268 g/mol. The number of hydrogen-bond donors (Lipinski definition) is 0. The first-order valence-electron chi connectivity index (χ1n) is 7.29. The van der Waals surface area contributed by atoms with E-state index in [0.29, 0.717) is 13.2 Å². The third-order valence-corrected chi connectivity index (χ3v) is 6.21. The molecule has 112 valence electrons. The highest BCUT2D eigenvalue weighted by atomic mass is 28.4. The highest BCUT2D eigenvalue weighted by Gasteiger charge is 2.40. The molecule has 0 spiro atoms. The number of rotatable bonds is 9. The van der Waals surface area contributed by atoms with Crippen LogP contribution in [0.25, 0.3) is 6.08 Å². The highest BCUT2D eigenvalue weighted by molar-refractivity contribution is 6.60. The maximum Gasteiger partial charge on any atom is 0.501 e. The van der Waals surface area contributed by atoms with Gasteiger partial charge in [-0.2, -0.15) is 0 Å². The van der Waals surface area contributed by atoms with Crippen LogP contribution in [-0.4, -0.2) is 22.0 Å². The number of hydrogen-bond acceptors (Lipinski definition) is 3. The zero-order chi connectivity index (χ0) is 15.0. The van der Waals surface area contributed by atoms with Crippen LogP contribution in [0, 0.1) is 0 Å². The fraction of sp³-hybridized carbons (Fsp3) is 0.500. The van der Waals surface area contributed by atoms with Crippen LogP contribution in [0.15, 0.2) is 30.8 Å². The van der Waals surface area contributed by atoms with E-state index in [1.54, 1.807) is 0 Å². The first-order chi connectivity index (χ1) is 9.62. The standard InChI is InChI=1S/C16H26O3Si/c1-6-15-12-10-11-13-16(15)14(5)19-20(9-4,17-7-2)18-8-3/h6,10-14H,1,7-9H2,2-5H3. The Morgan fingerprint density at radius 3 is 2.25 bits per heavy atom. The lowest BCUT2D eigenvalue weighted by Gasteiger charge is -2.31. The molecule has 1 aromatic carbocycles. The Morgan fingerprint density at radius 1 is 1.15 bits per heavy atom. The smallest absolute Gasteiger partial charge is 0.374 e. The minimum atomic E-state index is -2.59. The molecular formula is C16H26O3Si. The summed E-state index contributed by atoms with van der Waals surface area (Å²) in [5.74, 6) is 0. The van der Waals surface area contributed by atoms with Gasteiger partial charge in [0, 0.05) is 19.3 Å². The molecule has 0 bridgehead atoms. The van der Waals surface area contributed by atoms with E-state index in [-0.39, 0.29) is 6.10 Å². The molecule has 1 atom stereocenters. The van der Waals surface area contributed by atoms with Crippen molar-refractivity contribution >= 4 is 14.9 Å². The fourth-order valence-electron chi connectivity index (χ4n) is 2.24. The largest absolute Gasteiger partial charge is 0.501 e. The van der Waals surface area contributed by atoms with Gasteiger partial charge in [0.25, 0.3) is 0 Å². The van der Waals surface area contributed by atoms with Gasteiger partial charge in [-0.25, -0.2) is 0 Å². The second kappa shape index (κ2) is 8.37. The van der Waals surface area contributed by atoms with Gasteiger partial charge in [-0.1, -0.05) is 43.8 Å². The van der Waals surface area contributed by atoms with Crippen LogP contribution < -0.4 is 0 Å². The van der Waals surface area contributed by atoms with Gasteiger partial charge >= 0.3 is 8.80 Å². The summed E-state index contributed by atoms with van der Waals surface area (Å²) in [6.45, 7) is 13.1. The lowest BCUT2D eigenvalue weighted by Crippen LogP contribution is -2.45. The van der Waals surface area contributed by atoms with E-state index in [1.807, 2.05) is 45.0 Å². The van der Waals surface area contributed by atoms with Crippen LogP contribution in [0.4, 0.5) is 0 Å². The summed E-state index contributed by atoms with van der Waals surface area (Å²) in [6.07, 6.45) is 1.78. The molecule has 20 heavy (non-hydrogen) atoms. The van der Waals surface area contributed by atoms with Gasteiger partial charge in [-0.3, -0.25) is 0 Å². The van der Waals surface area contributed by atoms with E-state index in [9.17, 15) is 0 Å². The van der Waals surface area contributed by atoms with E-state index in [4.69, 9.17) is 13.3 Å². The van der Waals surface area contributed by atoms with Crippen LogP contribution in [0.5, 0.6) is 0 Å². The molecule has 0 aliphatic heterocycles. The van der Waals surface area contributed by atoms with Crippen LogP contribution >= 0.6 is 0 Å². The maximum atomic E-state index is 6.24. The first kappa shape index (κ1) is 17.1. The van der Waals surface area contributed by atoms with Gasteiger partial charge in [-0.05, 0) is 31.9 Å². The van der Waals surface area contributed by atoms with Gasteiger partial charge in [0.2, 0.25) is 0 Å². The van der Waals surface area contributed by atoms with Gasteiger partial charge in [0.15, 0.2) is 0 Å². The molecule has 0 amide bonds. The normalized spacial score (nSPS) is 13.2. The van der Waals surface area contributed by atoms with Crippen LogP contribution in [0.2, 0.25) is 6.04 Å². The number of benzene rings is 1. The molecule has 4 heteroatoms. The molecule has 1 aromatic rings. The summed E-state index contributed by atoms with van der Waals surface area (Å²) in [5, 5.41) is 0. The summed E-state index contributed by atoms with van der Waals surface area (Å²) in [5.41, 5.74) is 2.21. The molecule has 0 N–H and O–H groups in total. The van der Waals surface area contributed by atoms with E-state index in [1.165, 1.54) is 0 Å². The van der Waals surface area contributed by atoms with Crippen molar-refractivity contribution in [2.45, 2.75) is 39.8 Å². The van der Waals surface area contributed by atoms with Gasteiger partial charge in [-0.15, -0.1) is 0 Å². The maximum absolute atomic E-state index is 6.24. The van der Waals surface area contributed by atoms with Crippen molar-refractivity contribution in [1.29, 1.82) is 0 Å². The summed E-state index contributed by atoms with van der Waals surface area (Å²) in [7, 11) is -2.59. The van der Waals surface area contributed by atoms with E-state index >= 15 is 0 Å². The summed E-state index contributed by atoms with van der Waals surface area (Å²) < 4.78 is 18.0.